The molecule has 0 saturated heterocycles. The number of carbonyl (C=O) groups is 1. The average Bonchev–Trinajstić information content (AvgIpc) is 3.19. The van der Waals surface area contributed by atoms with Crippen molar-refractivity contribution in [1.82, 2.24) is 14.9 Å². The van der Waals surface area contributed by atoms with Gasteiger partial charge in [-0.25, -0.2) is 4.98 Å². The van der Waals surface area contributed by atoms with Crippen molar-refractivity contribution in [2.45, 2.75) is 12.7 Å². The highest BCUT2D eigenvalue weighted by Gasteiger charge is 2.30. The van der Waals surface area contributed by atoms with Gasteiger partial charge in [0.15, 0.2) is 6.61 Å². The highest BCUT2D eigenvalue weighted by atomic mass is 19.4. The molecule has 1 N–H and O–H groups in total. The zero-order valence-corrected chi connectivity index (χ0v) is 14.1. The second-order valence-corrected chi connectivity index (χ2v) is 5.73. The Bertz CT molecular complexity index is 891. The van der Waals surface area contributed by atoms with E-state index in [0.29, 0.717) is 0 Å². The lowest BCUT2D eigenvalue weighted by atomic mass is 10.2. The number of benzene rings is 2. The quantitative estimate of drug-likeness (QED) is 0.716. The number of hydrogen-bond acceptors (Lipinski definition) is 3. The number of imidazole rings is 1. The van der Waals surface area contributed by atoms with Crippen molar-refractivity contribution in [1.29, 1.82) is 0 Å². The van der Waals surface area contributed by atoms with Crippen LogP contribution in [0.3, 0.4) is 0 Å². The van der Waals surface area contributed by atoms with Crippen LogP contribution in [0.2, 0.25) is 0 Å². The summed E-state index contributed by atoms with van der Waals surface area (Å²) in [5.41, 5.74) is 1.00. The Morgan fingerprint density at radius 1 is 1.15 bits per heavy atom. The van der Waals surface area contributed by atoms with Gasteiger partial charge in [-0.15, -0.1) is 0 Å². The van der Waals surface area contributed by atoms with Crippen LogP contribution in [0.25, 0.3) is 5.69 Å². The number of ether oxygens (including phenoxy) is 1. The number of nitrogens with one attached hydrogen (secondary N) is 1. The smallest absolute Gasteiger partial charge is 0.416 e. The van der Waals surface area contributed by atoms with Crippen LogP contribution in [-0.2, 0) is 17.5 Å². The van der Waals surface area contributed by atoms with Gasteiger partial charge in [0, 0.05) is 24.6 Å². The Kier molecular flexibility index (Phi) is 5.44. The standard InChI is InChI=1S/C19H16F3N3O2/c20-19(21,22)15-2-1-3-17(10-15)27-12-18(26)24-11-14-4-6-16(7-5-14)25-9-8-23-13-25/h1-10,13H,11-12H2,(H,24,26). The molecular formula is C19H16F3N3O2. The summed E-state index contributed by atoms with van der Waals surface area (Å²) < 4.78 is 45.0. The molecule has 0 bridgehead atoms. The predicted octanol–water partition coefficient (Wildman–Crippen LogP) is 3.59. The van der Waals surface area contributed by atoms with Crippen molar-refractivity contribution < 1.29 is 22.7 Å². The minimum Gasteiger partial charge on any atom is -0.484 e. The van der Waals surface area contributed by atoms with Crippen molar-refractivity contribution in [3.63, 3.8) is 0 Å². The Balaban J connectivity index is 1.49. The van der Waals surface area contributed by atoms with E-state index >= 15 is 0 Å². The average molecular weight is 375 g/mol. The highest BCUT2D eigenvalue weighted by Crippen LogP contribution is 2.31. The van der Waals surface area contributed by atoms with Gasteiger partial charge in [-0.05, 0) is 35.9 Å². The van der Waals surface area contributed by atoms with Crippen LogP contribution in [0.15, 0.2) is 67.3 Å². The molecule has 0 atom stereocenters. The summed E-state index contributed by atoms with van der Waals surface area (Å²) in [6.07, 6.45) is 0.729. The lowest BCUT2D eigenvalue weighted by Gasteiger charge is -2.11. The molecule has 8 heteroatoms. The molecule has 0 unspecified atom stereocenters. The van der Waals surface area contributed by atoms with Crippen molar-refractivity contribution >= 4 is 5.91 Å². The van der Waals surface area contributed by atoms with E-state index in [1.54, 1.807) is 12.5 Å². The van der Waals surface area contributed by atoms with Crippen molar-refractivity contribution in [3.05, 3.63) is 78.4 Å². The maximum atomic E-state index is 12.7. The number of rotatable bonds is 6. The topological polar surface area (TPSA) is 56.1 Å². The number of hydrogen-bond donors (Lipinski definition) is 1. The molecule has 2 aromatic carbocycles. The molecule has 140 valence electrons. The SMILES string of the molecule is O=C(COc1cccc(C(F)(F)F)c1)NCc1ccc(-n2ccnc2)cc1. The van der Waals surface area contributed by atoms with E-state index in [9.17, 15) is 18.0 Å². The number of nitrogens with zero attached hydrogens (tertiary/aromatic N) is 2. The minimum atomic E-state index is -4.45. The first-order valence-electron chi connectivity index (χ1n) is 8.06. The van der Waals surface area contributed by atoms with E-state index in [0.717, 1.165) is 23.4 Å². The number of aromatic nitrogens is 2. The van der Waals surface area contributed by atoms with Gasteiger partial charge in [0.2, 0.25) is 0 Å². The zero-order valence-electron chi connectivity index (χ0n) is 14.1. The number of halogens is 3. The predicted molar refractivity (Wildman–Crippen MR) is 92.3 cm³/mol. The van der Waals surface area contributed by atoms with Gasteiger partial charge in [-0.3, -0.25) is 4.79 Å². The van der Waals surface area contributed by atoms with Crippen LogP contribution in [0, 0.1) is 0 Å². The molecule has 0 aliphatic rings. The molecule has 1 amide bonds. The molecule has 0 fully saturated rings. The maximum absolute atomic E-state index is 12.7. The molecule has 1 heterocycles. The Morgan fingerprint density at radius 3 is 2.59 bits per heavy atom. The molecular weight excluding hydrogens is 359 g/mol. The van der Waals surface area contributed by atoms with E-state index in [-0.39, 0.29) is 18.9 Å². The third-order valence-electron chi connectivity index (χ3n) is 3.76. The summed E-state index contributed by atoms with van der Waals surface area (Å²) in [5.74, 6) is -0.434. The number of alkyl halides is 3. The molecule has 0 saturated carbocycles. The van der Waals surface area contributed by atoms with Crippen LogP contribution in [0.4, 0.5) is 13.2 Å². The summed E-state index contributed by atoms with van der Waals surface area (Å²) in [6.45, 7) is -0.0799. The van der Waals surface area contributed by atoms with Gasteiger partial charge in [-0.2, -0.15) is 13.2 Å². The molecule has 0 aliphatic carbocycles. The van der Waals surface area contributed by atoms with Crippen LogP contribution < -0.4 is 10.1 Å². The Morgan fingerprint density at radius 2 is 1.93 bits per heavy atom. The first-order valence-corrected chi connectivity index (χ1v) is 8.06. The van der Waals surface area contributed by atoms with Crippen LogP contribution in [0.5, 0.6) is 5.75 Å². The van der Waals surface area contributed by atoms with Crippen LogP contribution in [-0.4, -0.2) is 22.1 Å². The largest absolute Gasteiger partial charge is 0.484 e. The third-order valence-corrected chi connectivity index (χ3v) is 3.76. The minimum absolute atomic E-state index is 0.00957. The fourth-order valence-corrected chi connectivity index (χ4v) is 2.36. The fraction of sp³-hybridized carbons (Fsp3) is 0.158. The lowest BCUT2D eigenvalue weighted by molar-refractivity contribution is -0.137. The zero-order chi connectivity index (χ0) is 19.3. The van der Waals surface area contributed by atoms with Gasteiger partial charge < -0.3 is 14.6 Å². The van der Waals surface area contributed by atoms with Crippen molar-refractivity contribution in [2.75, 3.05) is 6.61 Å². The van der Waals surface area contributed by atoms with Gasteiger partial charge in [-0.1, -0.05) is 18.2 Å². The summed E-state index contributed by atoms with van der Waals surface area (Å²) in [5, 5.41) is 2.66. The van der Waals surface area contributed by atoms with E-state index in [1.807, 2.05) is 35.0 Å². The molecule has 3 aromatic rings. The van der Waals surface area contributed by atoms with Gasteiger partial charge in [0.05, 0.1) is 11.9 Å². The van der Waals surface area contributed by atoms with Gasteiger partial charge >= 0.3 is 6.18 Å². The molecule has 0 aliphatic heterocycles. The van der Waals surface area contributed by atoms with Crippen molar-refractivity contribution in [2.24, 2.45) is 0 Å². The molecule has 0 spiro atoms. The first kappa shape index (κ1) is 18.5. The third kappa shape index (κ3) is 5.10. The summed E-state index contributed by atoms with van der Waals surface area (Å²) >= 11 is 0. The van der Waals surface area contributed by atoms with Crippen molar-refractivity contribution in [3.8, 4) is 11.4 Å². The monoisotopic (exact) mass is 375 g/mol. The molecule has 3 rings (SSSR count). The number of carbonyl (C=O) groups excluding carboxylic acids is 1. The molecule has 27 heavy (non-hydrogen) atoms. The van der Waals surface area contributed by atoms with E-state index < -0.39 is 17.6 Å². The fourth-order valence-electron chi connectivity index (χ4n) is 2.36. The highest BCUT2D eigenvalue weighted by molar-refractivity contribution is 5.77. The van der Waals surface area contributed by atoms with E-state index in [1.165, 1.54) is 12.1 Å². The summed E-state index contributed by atoms with van der Waals surface area (Å²) in [4.78, 5) is 15.8. The summed E-state index contributed by atoms with van der Waals surface area (Å²) in [7, 11) is 0. The normalized spacial score (nSPS) is 11.2. The van der Waals surface area contributed by atoms with E-state index in [2.05, 4.69) is 10.3 Å². The molecule has 1 aromatic heterocycles. The lowest BCUT2D eigenvalue weighted by Crippen LogP contribution is -2.28. The second kappa shape index (κ2) is 7.94. The van der Waals surface area contributed by atoms with E-state index in [4.69, 9.17) is 4.74 Å². The van der Waals surface area contributed by atoms with Crippen LogP contribution >= 0.6 is 0 Å². The number of amides is 1. The second-order valence-electron chi connectivity index (χ2n) is 5.73. The van der Waals surface area contributed by atoms with Gasteiger partial charge in [0.1, 0.15) is 5.75 Å². The maximum Gasteiger partial charge on any atom is 0.416 e. The van der Waals surface area contributed by atoms with Gasteiger partial charge in [0.25, 0.3) is 5.91 Å². The van der Waals surface area contributed by atoms with Crippen LogP contribution in [0.1, 0.15) is 11.1 Å². The Labute approximate surface area is 153 Å². The molecule has 0 radical (unpaired) electrons. The Hall–Kier alpha value is -3.29. The first-order chi connectivity index (χ1) is 12.9. The molecule has 5 nitrogen and oxygen atoms in total. The summed E-state index contributed by atoms with van der Waals surface area (Å²) in [6, 6.07) is 11.9.